The first-order valence-corrected chi connectivity index (χ1v) is 3.60. The SMILES string of the molecule is CN(C)Cc1ncc(CN)[nH]1. The topological polar surface area (TPSA) is 57.9 Å². The van der Waals surface area contributed by atoms with Crippen LogP contribution in [0.4, 0.5) is 0 Å². The second-order valence-corrected chi connectivity index (χ2v) is 2.80. The van der Waals surface area contributed by atoms with Gasteiger partial charge in [-0.25, -0.2) is 4.98 Å². The molecular weight excluding hydrogens is 140 g/mol. The minimum Gasteiger partial charge on any atom is -0.344 e. The van der Waals surface area contributed by atoms with Gasteiger partial charge in [0.2, 0.25) is 0 Å². The Hall–Kier alpha value is -0.870. The van der Waals surface area contributed by atoms with Gasteiger partial charge in [0, 0.05) is 18.4 Å². The molecule has 4 heteroatoms. The maximum absolute atomic E-state index is 5.41. The molecule has 0 atom stereocenters. The Morgan fingerprint density at radius 1 is 1.64 bits per heavy atom. The summed E-state index contributed by atoms with van der Waals surface area (Å²) in [5, 5.41) is 0. The molecule has 1 heterocycles. The van der Waals surface area contributed by atoms with Crippen LogP contribution < -0.4 is 5.73 Å². The van der Waals surface area contributed by atoms with Crippen LogP contribution in [0.2, 0.25) is 0 Å². The molecule has 0 bridgehead atoms. The van der Waals surface area contributed by atoms with E-state index in [4.69, 9.17) is 5.73 Å². The lowest BCUT2D eigenvalue weighted by Crippen LogP contribution is -2.11. The van der Waals surface area contributed by atoms with Gasteiger partial charge < -0.3 is 15.6 Å². The third kappa shape index (κ3) is 2.32. The van der Waals surface area contributed by atoms with E-state index >= 15 is 0 Å². The fourth-order valence-corrected chi connectivity index (χ4v) is 0.889. The van der Waals surface area contributed by atoms with Gasteiger partial charge in [0.1, 0.15) is 5.82 Å². The van der Waals surface area contributed by atoms with Crippen LogP contribution in [-0.4, -0.2) is 29.0 Å². The smallest absolute Gasteiger partial charge is 0.120 e. The lowest BCUT2D eigenvalue weighted by Gasteiger charge is -2.05. The van der Waals surface area contributed by atoms with E-state index in [0.717, 1.165) is 18.1 Å². The summed E-state index contributed by atoms with van der Waals surface area (Å²) in [7, 11) is 4.01. The van der Waals surface area contributed by atoms with Gasteiger partial charge in [0.25, 0.3) is 0 Å². The minimum absolute atomic E-state index is 0.528. The Balaban J connectivity index is 2.58. The van der Waals surface area contributed by atoms with Crippen LogP contribution in [0.1, 0.15) is 11.5 Å². The van der Waals surface area contributed by atoms with E-state index < -0.39 is 0 Å². The Morgan fingerprint density at radius 3 is 2.82 bits per heavy atom. The molecular formula is C7H14N4. The molecule has 0 fully saturated rings. The summed E-state index contributed by atoms with van der Waals surface area (Å²) < 4.78 is 0. The molecule has 0 amide bonds. The molecule has 1 rings (SSSR count). The van der Waals surface area contributed by atoms with Crippen LogP contribution in [0, 0.1) is 0 Å². The number of nitrogens with one attached hydrogen (secondary N) is 1. The average Bonchev–Trinajstić information content (AvgIpc) is 2.34. The second kappa shape index (κ2) is 3.50. The fourth-order valence-electron chi connectivity index (χ4n) is 0.889. The summed E-state index contributed by atoms with van der Waals surface area (Å²) in [5.41, 5.74) is 6.40. The van der Waals surface area contributed by atoms with E-state index in [0.29, 0.717) is 6.54 Å². The van der Waals surface area contributed by atoms with Crippen LogP contribution in [-0.2, 0) is 13.1 Å². The zero-order valence-corrected chi connectivity index (χ0v) is 6.96. The maximum Gasteiger partial charge on any atom is 0.120 e. The van der Waals surface area contributed by atoms with Crippen LogP contribution in [0.25, 0.3) is 0 Å². The number of hydrogen-bond acceptors (Lipinski definition) is 3. The van der Waals surface area contributed by atoms with Crippen molar-refractivity contribution in [3.63, 3.8) is 0 Å². The molecule has 62 valence electrons. The standard InChI is InChI=1S/C7H14N4/c1-11(2)5-7-9-4-6(3-8)10-7/h4H,3,5,8H2,1-2H3,(H,9,10). The second-order valence-electron chi connectivity index (χ2n) is 2.80. The molecule has 0 radical (unpaired) electrons. The molecule has 4 nitrogen and oxygen atoms in total. The van der Waals surface area contributed by atoms with Crippen molar-refractivity contribution in [2.24, 2.45) is 5.73 Å². The van der Waals surface area contributed by atoms with E-state index in [1.165, 1.54) is 0 Å². The van der Waals surface area contributed by atoms with Crippen molar-refractivity contribution in [1.29, 1.82) is 0 Å². The third-order valence-electron chi connectivity index (χ3n) is 1.37. The highest BCUT2D eigenvalue weighted by Crippen LogP contribution is 1.97. The molecule has 0 saturated heterocycles. The van der Waals surface area contributed by atoms with Crippen molar-refractivity contribution in [2.75, 3.05) is 14.1 Å². The third-order valence-corrected chi connectivity index (χ3v) is 1.37. The molecule has 0 aliphatic heterocycles. The number of H-pyrrole nitrogens is 1. The summed E-state index contributed by atoms with van der Waals surface area (Å²) in [6.45, 7) is 1.36. The Kier molecular flexibility index (Phi) is 2.62. The quantitative estimate of drug-likeness (QED) is 0.640. The number of nitrogens with two attached hydrogens (primary N) is 1. The molecule has 11 heavy (non-hydrogen) atoms. The molecule has 0 aromatic carbocycles. The van der Waals surface area contributed by atoms with Crippen molar-refractivity contribution in [1.82, 2.24) is 14.9 Å². The monoisotopic (exact) mass is 154 g/mol. The molecule has 1 aromatic rings. The van der Waals surface area contributed by atoms with Gasteiger partial charge in [-0.2, -0.15) is 0 Å². The molecule has 0 aliphatic rings. The van der Waals surface area contributed by atoms with Crippen molar-refractivity contribution < 1.29 is 0 Å². The summed E-state index contributed by atoms with van der Waals surface area (Å²) in [4.78, 5) is 9.32. The van der Waals surface area contributed by atoms with E-state index in [2.05, 4.69) is 14.9 Å². The van der Waals surface area contributed by atoms with Crippen LogP contribution in [0.15, 0.2) is 6.20 Å². The largest absolute Gasteiger partial charge is 0.344 e. The van der Waals surface area contributed by atoms with Gasteiger partial charge in [0.05, 0.1) is 6.54 Å². The number of aromatic nitrogens is 2. The lowest BCUT2D eigenvalue weighted by molar-refractivity contribution is 0.392. The Labute approximate surface area is 66.4 Å². The first-order chi connectivity index (χ1) is 5.22. The molecule has 3 N–H and O–H groups in total. The number of nitrogens with zero attached hydrogens (tertiary/aromatic N) is 2. The highest BCUT2D eigenvalue weighted by atomic mass is 15.1. The van der Waals surface area contributed by atoms with Crippen LogP contribution in [0.5, 0.6) is 0 Å². The van der Waals surface area contributed by atoms with Gasteiger partial charge in [0.15, 0.2) is 0 Å². The zero-order chi connectivity index (χ0) is 8.27. The van der Waals surface area contributed by atoms with Gasteiger partial charge in [-0.05, 0) is 14.1 Å². The Bertz CT molecular complexity index is 216. The fraction of sp³-hybridized carbons (Fsp3) is 0.571. The summed E-state index contributed by atoms with van der Waals surface area (Å²) in [5.74, 6) is 0.968. The van der Waals surface area contributed by atoms with Crippen molar-refractivity contribution in [2.45, 2.75) is 13.1 Å². The highest BCUT2D eigenvalue weighted by Gasteiger charge is 1.98. The number of hydrogen-bond donors (Lipinski definition) is 2. The first kappa shape index (κ1) is 8.23. The number of rotatable bonds is 3. The minimum atomic E-state index is 0.528. The highest BCUT2D eigenvalue weighted by molar-refractivity contribution is 5.00. The molecule has 1 aromatic heterocycles. The van der Waals surface area contributed by atoms with Crippen molar-refractivity contribution in [3.8, 4) is 0 Å². The van der Waals surface area contributed by atoms with E-state index in [9.17, 15) is 0 Å². The van der Waals surface area contributed by atoms with Crippen LogP contribution >= 0.6 is 0 Å². The van der Waals surface area contributed by atoms with Crippen LogP contribution in [0.3, 0.4) is 0 Å². The van der Waals surface area contributed by atoms with Gasteiger partial charge in [-0.1, -0.05) is 0 Å². The molecule has 0 unspecified atom stereocenters. The lowest BCUT2D eigenvalue weighted by atomic mass is 10.5. The molecule has 0 aliphatic carbocycles. The van der Waals surface area contributed by atoms with E-state index in [1.807, 2.05) is 14.1 Å². The summed E-state index contributed by atoms with van der Waals surface area (Å²) in [6.07, 6.45) is 1.78. The number of imidazole rings is 1. The normalized spacial score (nSPS) is 10.9. The van der Waals surface area contributed by atoms with Gasteiger partial charge >= 0.3 is 0 Å². The van der Waals surface area contributed by atoms with Gasteiger partial charge in [-0.15, -0.1) is 0 Å². The van der Waals surface area contributed by atoms with Crippen molar-refractivity contribution >= 4 is 0 Å². The average molecular weight is 154 g/mol. The molecule has 0 saturated carbocycles. The Morgan fingerprint density at radius 2 is 2.36 bits per heavy atom. The van der Waals surface area contributed by atoms with Gasteiger partial charge in [-0.3, -0.25) is 0 Å². The first-order valence-electron chi connectivity index (χ1n) is 3.60. The zero-order valence-electron chi connectivity index (χ0n) is 6.96. The summed E-state index contributed by atoms with van der Waals surface area (Å²) in [6, 6.07) is 0. The predicted molar refractivity (Wildman–Crippen MR) is 43.9 cm³/mol. The van der Waals surface area contributed by atoms with Crippen molar-refractivity contribution in [3.05, 3.63) is 17.7 Å². The summed E-state index contributed by atoms with van der Waals surface area (Å²) >= 11 is 0. The van der Waals surface area contributed by atoms with E-state index in [1.54, 1.807) is 6.20 Å². The van der Waals surface area contributed by atoms with E-state index in [-0.39, 0.29) is 0 Å². The predicted octanol–water partition coefficient (Wildman–Crippen LogP) is -0.0700. The molecule has 0 spiro atoms. The maximum atomic E-state index is 5.41. The number of aromatic amines is 1.